The van der Waals surface area contributed by atoms with Gasteiger partial charge in [0.1, 0.15) is 0 Å². The molecule has 1 N–H and O–H groups in total. The first-order chi connectivity index (χ1) is 10.6. The number of hydrogen-bond donors (Lipinski definition) is 1. The molecule has 1 fully saturated rings. The number of pyridine rings is 1. The predicted molar refractivity (Wildman–Crippen MR) is 82.1 cm³/mol. The zero-order chi connectivity index (χ0) is 15.9. The average Bonchev–Trinajstić information content (AvgIpc) is 2.56. The smallest absolute Gasteiger partial charge is 0.409 e. The Morgan fingerprint density at radius 2 is 2.14 bits per heavy atom. The van der Waals surface area contributed by atoms with Gasteiger partial charge in [-0.1, -0.05) is 6.07 Å². The molecule has 2 amide bonds. The summed E-state index contributed by atoms with van der Waals surface area (Å²) in [6.07, 6.45) is 2.76. The molecule has 6 nitrogen and oxygen atoms in total. The summed E-state index contributed by atoms with van der Waals surface area (Å²) < 4.78 is 4.98. The number of nitrogens with zero attached hydrogens (tertiary/aromatic N) is 2. The minimum atomic E-state index is -0.289. The minimum absolute atomic E-state index is 0.0293. The third-order valence-corrected chi connectivity index (χ3v) is 3.88. The fraction of sp³-hybridized carbons (Fsp3) is 0.562. The fourth-order valence-electron chi connectivity index (χ4n) is 2.58. The van der Waals surface area contributed by atoms with Gasteiger partial charge in [0.15, 0.2) is 0 Å². The van der Waals surface area contributed by atoms with Crippen LogP contribution < -0.4 is 5.32 Å². The van der Waals surface area contributed by atoms with E-state index in [2.05, 4.69) is 10.3 Å². The maximum atomic E-state index is 12.3. The molecule has 0 spiro atoms. The van der Waals surface area contributed by atoms with Gasteiger partial charge in [-0.2, -0.15) is 0 Å². The van der Waals surface area contributed by atoms with Crippen LogP contribution in [-0.2, 0) is 9.53 Å². The van der Waals surface area contributed by atoms with Crippen LogP contribution in [0.1, 0.15) is 38.4 Å². The number of hydrogen-bond acceptors (Lipinski definition) is 4. The molecule has 2 rings (SSSR count). The minimum Gasteiger partial charge on any atom is -0.450 e. The first-order valence-corrected chi connectivity index (χ1v) is 7.74. The molecule has 0 bridgehead atoms. The largest absolute Gasteiger partial charge is 0.450 e. The SMILES string of the molecule is CCOC(=O)N1CCC(C(=O)N[C@H](C)c2ccccn2)CC1. The molecule has 2 heterocycles. The number of carbonyl (C=O) groups is 2. The predicted octanol–water partition coefficient (Wildman–Crippen LogP) is 2.13. The molecule has 0 aromatic carbocycles. The van der Waals surface area contributed by atoms with E-state index in [0.29, 0.717) is 32.5 Å². The molecule has 22 heavy (non-hydrogen) atoms. The van der Waals surface area contributed by atoms with E-state index in [4.69, 9.17) is 4.74 Å². The molecular weight excluding hydrogens is 282 g/mol. The molecule has 0 unspecified atom stereocenters. The number of aromatic nitrogens is 1. The van der Waals surface area contributed by atoms with Crippen molar-refractivity contribution < 1.29 is 14.3 Å². The molecule has 6 heteroatoms. The molecular formula is C16H23N3O3. The normalized spacial score (nSPS) is 16.9. The van der Waals surface area contributed by atoms with Crippen LogP contribution in [0, 0.1) is 5.92 Å². The highest BCUT2D eigenvalue weighted by atomic mass is 16.6. The highest BCUT2D eigenvalue weighted by Gasteiger charge is 2.28. The topological polar surface area (TPSA) is 71.5 Å². The monoisotopic (exact) mass is 305 g/mol. The Balaban J connectivity index is 1.81. The van der Waals surface area contributed by atoms with E-state index < -0.39 is 0 Å². The fourth-order valence-corrected chi connectivity index (χ4v) is 2.58. The van der Waals surface area contributed by atoms with Gasteiger partial charge in [-0.05, 0) is 38.8 Å². The lowest BCUT2D eigenvalue weighted by Gasteiger charge is -2.31. The van der Waals surface area contributed by atoms with Gasteiger partial charge in [-0.3, -0.25) is 9.78 Å². The van der Waals surface area contributed by atoms with E-state index in [9.17, 15) is 9.59 Å². The van der Waals surface area contributed by atoms with Gasteiger partial charge in [-0.15, -0.1) is 0 Å². The third-order valence-electron chi connectivity index (χ3n) is 3.88. The molecule has 0 radical (unpaired) electrons. The number of ether oxygens (including phenoxy) is 1. The Morgan fingerprint density at radius 3 is 2.73 bits per heavy atom. The molecule has 0 aliphatic carbocycles. The van der Waals surface area contributed by atoms with Crippen LogP contribution in [0.4, 0.5) is 4.79 Å². The first-order valence-electron chi connectivity index (χ1n) is 7.74. The Kier molecular flexibility index (Phi) is 5.75. The van der Waals surface area contributed by atoms with Crippen LogP contribution in [-0.4, -0.2) is 41.6 Å². The zero-order valence-corrected chi connectivity index (χ0v) is 13.1. The van der Waals surface area contributed by atoms with Crippen LogP contribution in [0.2, 0.25) is 0 Å². The standard InChI is InChI=1S/C16H23N3O3/c1-3-22-16(21)19-10-7-13(8-11-19)15(20)18-12(2)14-6-4-5-9-17-14/h4-6,9,12-13H,3,7-8,10-11H2,1-2H3,(H,18,20)/t12-/m1/s1. The van der Waals surface area contributed by atoms with Crippen molar-refractivity contribution in [3.05, 3.63) is 30.1 Å². The van der Waals surface area contributed by atoms with E-state index in [1.165, 1.54) is 0 Å². The maximum absolute atomic E-state index is 12.3. The van der Waals surface area contributed by atoms with Gasteiger partial charge in [0.2, 0.25) is 5.91 Å². The lowest BCUT2D eigenvalue weighted by Crippen LogP contribution is -2.43. The lowest BCUT2D eigenvalue weighted by molar-refractivity contribution is -0.127. The van der Waals surface area contributed by atoms with E-state index in [1.807, 2.05) is 25.1 Å². The van der Waals surface area contributed by atoms with E-state index in [-0.39, 0.29) is 24.0 Å². The Morgan fingerprint density at radius 1 is 1.41 bits per heavy atom. The molecule has 1 aliphatic heterocycles. The number of likely N-dealkylation sites (tertiary alicyclic amines) is 1. The molecule has 0 saturated carbocycles. The molecule has 1 aliphatic rings. The summed E-state index contributed by atoms with van der Waals surface area (Å²) in [5.74, 6) is -0.0292. The number of piperidine rings is 1. The van der Waals surface area contributed by atoms with Crippen molar-refractivity contribution in [3.63, 3.8) is 0 Å². The summed E-state index contributed by atoms with van der Waals surface area (Å²) in [6.45, 7) is 5.22. The number of amides is 2. The van der Waals surface area contributed by atoms with Crippen LogP contribution >= 0.6 is 0 Å². The van der Waals surface area contributed by atoms with Gasteiger partial charge in [0, 0.05) is 25.2 Å². The number of carbonyl (C=O) groups excluding carboxylic acids is 2. The van der Waals surface area contributed by atoms with Crippen molar-refractivity contribution in [2.24, 2.45) is 5.92 Å². The quantitative estimate of drug-likeness (QED) is 0.925. The second-order valence-electron chi connectivity index (χ2n) is 5.45. The van der Waals surface area contributed by atoms with Crippen molar-refractivity contribution in [1.82, 2.24) is 15.2 Å². The molecule has 1 aromatic rings. The number of nitrogens with one attached hydrogen (secondary N) is 1. The summed E-state index contributed by atoms with van der Waals surface area (Å²) >= 11 is 0. The summed E-state index contributed by atoms with van der Waals surface area (Å²) in [4.78, 5) is 29.9. The van der Waals surface area contributed by atoms with Crippen LogP contribution in [0.3, 0.4) is 0 Å². The Bertz CT molecular complexity index is 499. The Hall–Kier alpha value is -2.11. The Labute approximate surface area is 130 Å². The van der Waals surface area contributed by atoms with Crippen molar-refractivity contribution in [3.8, 4) is 0 Å². The lowest BCUT2D eigenvalue weighted by atomic mass is 9.95. The van der Waals surface area contributed by atoms with Gasteiger partial charge in [0.25, 0.3) is 0 Å². The van der Waals surface area contributed by atoms with Crippen molar-refractivity contribution in [1.29, 1.82) is 0 Å². The van der Waals surface area contributed by atoms with Gasteiger partial charge >= 0.3 is 6.09 Å². The average molecular weight is 305 g/mol. The third kappa shape index (κ3) is 4.19. The van der Waals surface area contributed by atoms with Crippen molar-refractivity contribution in [2.75, 3.05) is 19.7 Å². The maximum Gasteiger partial charge on any atom is 0.409 e. The van der Waals surface area contributed by atoms with Gasteiger partial charge in [-0.25, -0.2) is 4.79 Å². The molecule has 1 atom stereocenters. The first kappa shape index (κ1) is 16.3. The molecule has 1 saturated heterocycles. The summed E-state index contributed by atoms with van der Waals surface area (Å²) in [5, 5.41) is 3.00. The van der Waals surface area contributed by atoms with Crippen LogP contribution in [0.5, 0.6) is 0 Å². The summed E-state index contributed by atoms with van der Waals surface area (Å²) in [7, 11) is 0. The van der Waals surface area contributed by atoms with Crippen molar-refractivity contribution in [2.45, 2.75) is 32.7 Å². The van der Waals surface area contributed by atoms with Gasteiger partial charge in [0.05, 0.1) is 18.3 Å². The highest BCUT2D eigenvalue weighted by Crippen LogP contribution is 2.19. The summed E-state index contributed by atoms with van der Waals surface area (Å²) in [6, 6.07) is 5.54. The zero-order valence-electron chi connectivity index (χ0n) is 13.1. The van der Waals surface area contributed by atoms with E-state index in [0.717, 1.165) is 5.69 Å². The van der Waals surface area contributed by atoms with Crippen molar-refractivity contribution >= 4 is 12.0 Å². The second kappa shape index (κ2) is 7.77. The molecule has 120 valence electrons. The molecule has 1 aromatic heterocycles. The highest BCUT2D eigenvalue weighted by molar-refractivity contribution is 5.79. The van der Waals surface area contributed by atoms with Crippen LogP contribution in [0.15, 0.2) is 24.4 Å². The second-order valence-corrected chi connectivity index (χ2v) is 5.45. The van der Waals surface area contributed by atoms with E-state index >= 15 is 0 Å². The van der Waals surface area contributed by atoms with E-state index in [1.54, 1.807) is 18.0 Å². The number of rotatable bonds is 4. The van der Waals surface area contributed by atoms with Gasteiger partial charge < -0.3 is 15.0 Å². The summed E-state index contributed by atoms with van der Waals surface area (Å²) in [5.41, 5.74) is 0.847. The van der Waals surface area contributed by atoms with Crippen LogP contribution in [0.25, 0.3) is 0 Å².